The van der Waals surface area contributed by atoms with E-state index in [1.54, 1.807) is 5.70 Å². The molecular weight excluding hydrogens is 182 g/mol. The molecule has 1 saturated heterocycles. The van der Waals surface area contributed by atoms with Crippen molar-refractivity contribution in [1.29, 1.82) is 0 Å². The van der Waals surface area contributed by atoms with Crippen molar-refractivity contribution in [2.45, 2.75) is 19.3 Å². The molecule has 0 aromatic rings. The van der Waals surface area contributed by atoms with Gasteiger partial charge in [0, 0.05) is 24.7 Å². The molecule has 2 aliphatic heterocycles. The van der Waals surface area contributed by atoms with Crippen molar-refractivity contribution in [2.24, 2.45) is 11.8 Å². The van der Waals surface area contributed by atoms with E-state index >= 15 is 0 Å². The van der Waals surface area contributed by atoms with Gasteiger partial charge in [0.2, 0.25) is 0 Å². The zero-order valence-electron chi connectivity index (χ0n) is 7.78. The molecule has 1 unspecified atom stereocenters. The first-order chi connectivity index (χ1) is 5.95. The molecule has 0 amide bonds. The molecule has 3 aliphatic rings. The Labute approximate surface area is 85.9 Å². The molecule has 1 aliphatic carbocycles. The Kier molecular flexibility index (Phi) is 2.37. The minimum absolute atomic E-state index is 0. The summed E-state index contributed by atoms with van der Waals surface area (Å²) in [4.78, 5) is 2.54. The SMILES string of the molecule is C1=CCN2CCC(C3CC3)C2=C1.Cl. The van der Waals surface area contributed by atoms with Crippen LogP contribution in [0.25, 0.3) is 0 Å². The highest BCUT2D eigenvalue weighted by atomic mass is 35.5. The van der Waals surface area contributed by atoms with Gasteiger partial charge in [-0.1, -0.05) is 12.2 Å². The molecule has 0 aromatic carbocycles. The number of fused-ring (bicyclic) bond motifs is 1. The summed E-state index contributed by atoms with van der Waals surface area (Å²) in [6.07, 6.45) is 11.2. The van der Waals surface area contributed by atoms with Gasteiger partial charge in [0.1, 0.15) is 0 Å². The molecule has 13 heavy (non-hydrogen) atoms. The molecule has 0 radical (unpaired) electrons. The quantitative estimate of drug-likeness (QED) is 0.625. The van der Waals surface area contributed by atoms with E-state index in [4.69, 9.17) is 0 Å². The zero-order valence-corrected chi connectivity index (χ0v) is 8.59. The standard InChI is InChI=1S/C11H15N.ClH/c1-2-7-12-8-6-10(9-4-5-9)11(12)3-1;/h1-3,9-10H,4-8H2;1H. The molecule has 2 heterocycles. The Balaban J connectivity index is 0.000000653. The lowest BCUT2D eigenvalue weighted by molar-refractivity contribution is 0.423. The summed E-state index contributed by atoms with van der Waals surface area (Å²) in [6, 6.07) is 0. The maximum Gasteiger partial charge on any atom is 0.0359 e. The fourth-order valence-electron chi connectivity index (χ4n) is 2.56. The van der Waals surface area contributed by atoms with Gasteiger partial charge < -0.3 is 4.90 Å². The van der Waals surface area contributed by atoms with Crippen LogP contribution in [0.5, 0.6) is 0 Å². The van der Waals surface area contributed by atoms with Crippen LogP contribution in [0.15, 0.2) is 23.9 Å². The van der Waals surface area contributed by atoms with Crippen LogP contribution < -0.4 is 0 Å². The van der Waals surface area contributed by atoms with Gasteiger partial charge in [-0.3, -0.25) is 0 Å². The number of nitrogens with zero attached hydrogens (tertiary/aromatic N) is 1. The van der Waals surface area contributed by atoms with E-state index < -0.39 is 0 Å². The molecule has 3 rings (SSSR count). The van der Waals surface area contributed by atoms with Crippen LogP contribution in [0.4, 0.5) is 0 Å². The Morgan fingerprint density at radius 3 is 2.85 bits per heavy atom. The molecule has 0 N–H and O–H groups in total. The molecule has 0 aromatic heterocycles. The summed E-state index contributed by atoms with van der Waals surface area (Å²) in [5, 5.41) is 0. The summed E-state index contributed by atoms with van der Waals surface area (Å²) in [5.74, 6) is 1.97. The molecule has 2 fully saturated rings. The van der Waals surface area contributed by atoms with Crippen LogP contribution in [-0.4, -0.2) is 18.0 Å². The van der Waals surface area contributed by atoms with E-state index in [0.717, 1.165) is 18.4 Å². The van der Waals surface area contributed by atoms with E-state index in [1.807, 2.05) is 0 Å². The van der Waals surface area contributed by atoms with Crippen LogP contribution in [0.1, 0.15) is 19.3 Å². The minimum atomic E-state index is 0. The molecule has 0 bridgehead atoms. The molecule has 72 valence electrons. The van der Waals surface area contributed by atoms with E-state index in [2.05, 4.69) is 23.1 Å². The second kappa shape index (κ2) is 3.38. The third-order valence-electron chi connectivity index (χ3n) is 3.37. The van der Waals surface area contributed by atoms with Crippen LogP contribution in [0, 0.1) is 11.8 Å². The van der Waals surface area contributed by atoms with E-state index in [1.165, 1.54) is 25.8 Å². The van der Waals surface area contributed by atoms with Gasteiger partial charge in [-0.25, -0.2) is 0 Å². The largest absolute Gasteiger partial charge is 0.371 e. The van der Waals surface area contributed by atoms with Gasteiger partial charge in [0.25, 0.3) is 0 Å². The van der Waals surface area contributed by atoms with Gasteiger partial charge in [-0.2, -0.15) is 0 Å². The maximum atomic E-state index is 2.54. The van der Waals surface area contributed by atoms with Crippen molar-refractivity contribution in [3.63, 3.8) is 0 Å². The molecule has 1 atom stereocenters. The average Bonchev–Trinajstić information content (AvgIpc) is 2.86. The van der Waals surface area contributed by atoms with E-state index in [0.29, 0.717) is 0 Å². The van der Waals surface area contributed by atoms with Gasteiger partial charge in [-0.15, -0.1) is 12.4 Å². The third kappa shape index (κ3) is 1.50. The molecular formula is C11H16ClN. The maximum absolute atomic E-state index is 2.54. The Morgan fingerprint density at radius 2 is 2.08 bits per heavy atom. The normalized spacial score (nSPS) is 30.9. The first-order valence-electron chi connectivity index (χ1n) is 5.07. The summed E-state index contributed by atoms with van der Waals surface area (Å²) in [6.45, 7) is 2.46. The van der Waals surface area contributed by atoms with Crippen molar-refractivity contribution < 1.29 is 0 Å². The number of hydrogen-bond acceptors (Lipinski definition) is 1. The number of hydrogen-bond donors (Lipinski definition) is 0. The highest BCUT2D eigenvalue weighted by Crippen LogP contribution is 2.46. The number of halogens is 1. The molecule has 0 spiro atoms. The van der Waals surface area contributed by atoms with Crippen LogP contribution in [0.2, 0.25) is 0 Å². The molecule has 1 saturated carbocycles. The van der Waals surface area contributed by atoms with Gasteiger partial charge in [0.15, 0.2) is 0 Å². The van der Waals surface area contributed by atoms with Gasteiger partial charge in [0.05, 0.1) is 0 Å². The fourth-order valence-corrected chi connectivity index (χ4v) is 2.56. The highest BCUT2D eigenvalue weighted by Gasteiger charge is 2.38. The van der Waals surface area contributed by atoms with Gasteiger partial charge >= 0.3 is 0 Å². The molecule has 1 nitrogen and oxygen atoms in total. The third-order valence-corrected chi connectivity index (χ3v) is 3.37. The monoisotopic (exact) mass is 197 g/mol. The Bertz CT molecular complexity index is 253. The average molecular weight is 198 g/mol. The lowest BCUT2D eigenvalue weighted by Crippen LogP contribution is -2.20. The van der Waals surface area contributed by atoms with Crippen molar-refractivity contribution in [3.8, 4) is 0 Å². The lowest BCUT2D eigenvalue weighted by atomic mass is 9.98. The van der Waals surface area contributed by atoms with Crippen LogP contribution >= 0.6 is 12.4 Å². The predicted octanol–water partition coefficient (Wildman–Crippen LogP) is 2.59. The first kappa shape index (κ1) is 9.14. The summed E-state index contributed by atoms with van der Waals surface area (Å²) in [7, 11) is 0. The minimum Gasteiger partial charge on any atom is -0.371 e. The summed E-state index contributed by atoms with van der Waals surface area (Å²) in [5.41, 5.74) is 1.64. The van der Waals surface area contributed by atoms with Crippen molar-refractivity contribution in [1.82, 2.24) is 4.90 Å². The second-order valence-electron chi connectivity index (χ2n) is 4.20. The second-order valence-corrected chi connectivity index (χ2v) is 4.20. The smallest absolute Gasteiger partial charge is 0.0359 e. The van der Waals surface area contributed by atoms with Crippen molar-refractivity contribution >= 4 is 12.4 Å². The lowest BCUT2D eigenvalue weighted by Gasteiger charge is -2.23. The van der Waals surface area contributed by atoms with Crippen molar-refractivity contribution in [2.75, 3.05) is 13.1 Å². The zero-order chi connectivity index (χ0) is 7.97. The number of allylic oxidation sites excluding steroid dienone is 3. The van der Waals surface area contributed by atoms with Gasteiger partial charge in [-0.05, 0) is 31.3 Å². The molecule has 2 heteroatoms. The number of rotatable bonds is 1. The Hall–Kier alpha value is -0.430. The first-order valence-corrected chi connectivity index (χ1v) is 5.07. The van der Waals surface area contributed by atoms with Crippen molar-refractivity contribution in [3.05, 3.63) is 23.9 Å². The fraction of sp³-hybridized carbons (Fsp3) is 0.636. The summed E-state index contributed by atoms with van der Waals surface area (Å²) >= 11 is 0. The highest BCUT2D eigenvalue weighted by molar-refractivity contribution is 5.85. The summed E-state index contributed by atoms with van der Waals surface area (Å²) < 4.78 is 0. The Morgan fingerprint density at radius 1 is 1.23 bits per heavy atom. The van der Waals surface area contributed by atoms with E-state index in [-0.39, 0.29) is 12.4 Å². The predicted molar refractivity (Wildman–Crippen MR) is 56.9 cm³/mol. The van der Waals surface area contributed by atoms with Crippen LogP contribution in [0.3, 0.4) is 0 Å². The van der Waals surface area contributed by atoms with Crippen LogP contribution in [-0.2, 0) is 0 Å². The van der Waals surface area contributed by atoms with E-state index in [9.17, 15) is 0 Å². The topological polar surface area (TPSA) is 3.24 Å².